The van der Waals surface area contributed by atoms with E-state index >= 15 is 0 Å². The van der Waals surface area contributed by atoms with Gasteiger partial charge in [0.1, 0.15) is 11.4 Å². The van der Waals surface area contributed by atoms with Gasteiger partial charge in [-0.25, -0.2) is 0 Å². The van der Waals surface area contributed by atoms with Crippen LogP contribution in [0.25, 0.3) is 11.3 Å². The Kier molecular flexibility index (Phi) is 4.73. The summed E-state index contributed by atoms with van der Waals surface area (Å²) in [6, 6.07) is 11.6. The molecule has 5 nitrogen and oxygen atoms in total. The normalized spacial score (nSPS) is 20.5. The Bertz CT molecular complexity index is 714. The van der Waals surface area contributed by atoms with E-state index < -0.39 is 5.60 Å². The predicted molar refractivity (Wildman–Crippen MR) is 91.0 cm³/mol. The third kappa shape index (κ3) is 3.68. The summed E-state index contributed by atoms with van der Waals surface area (Å²) in [5, 5.41) is 12.9. The summed E-state index contributed by atoms with van der Waals surface area (Å²) in [5.74, 6) is 0.992. The highest BCUT2D eigenvalue weighted by molar-refractivity contribution is 5.92. The smallest absolute Gasteiger partial charge is 0.287 e. The molecule has 0 saturated carbocycles. The maximum absolute atomic E-state index is 12.2. The van der Waals surface area contributed by atoms with Crippen LogP contribution in [-0.4, -0.2) is 36.4 Å². The lowest BCUT2D eigenvalue weighted by Gasteiger charge is -2.20. The van der Waals surface area contributed by atoms with Gasteiger partial charge in [0.2, 0.25) is 0 Å². The number of carbonyl (C=O) groups excluding carboxylic acids is 1. The van der Waals surface area contributed by atoms with Gasteiger partial charge >= 0.3 is 0 Å². The van der Waals surface area contributed by atoms with Gasteiger partial charge < -0.3 is 19.6 Å². The van der Waals surface area contributed by atoms with Gasteiger partial charge in [-0.3, -0.25) is 4.79 Å². The van der Waals surface area contributed by atoms with Gasteiger partial charge in [-0.1, -0.05) is 32.0 Å². The van der Waals surface area contributed by atoms with Crippen molar-refractivity contribution in [2.45, 2.75) is 31.8 Å². The van der Waals surface area contributed by atoms with E-state index in [0.29, 0.717) is 24.7 Å². The second-order valence-electron chi connectivity index (χ2n) is 6.65. The van der Waals surface area contributed by atoms with E-state index in [1.165, 1.54) is 5.56 Å². The van der Waals surface area contributed by atoms with E-state index in [4.69, 9.17) is 9.15 Å². The Morgan fingerprint density at radius 1 is 1.33 bits per heavy atom. The van der Waals surface area contributed by atoms with Crippen LogP contribution in [0.2, 0.25) is 0 Å². The van der Waals surface area contributed by atoms with Crippen molar-refractivity contribution in [3.8, 4) is 11.3 Å². The summed E-state index contributed by atoms with van der Waals surface area (Å²) >= 11 is 0. The maximum Gasteiger partial charge on any atom is 0.287 e. The monoisotopic (exact) mass is 329 g/mol. The van der Waals surface area contributed by atoms with E-state index in [9.17, 15) is 9.90 Å². The minimum atomic E-state index is -0.976. The SMILES string of the molecule is CC(C)c1cccc(-c2ccc(C(=O)NC[C@]3(O)CCOC3)o2)c1. The van der Waals surface area contributed by atoms with Crippen LogP contribution in [0.4, 0.5) is 0 Å². The van der Waals surface area contributed by atoms with Crippen molar-refractivity contribution in [3.05, 3.63) is 47.7 Å². The van der Waals surface area contributed by atoms with Gasteiger partial charge in [-0.2, -0.15) is 0 Å². The topological polar surface area (TPSA) is 71.7 Å². The number of furan rings is 1. The van der Waals surface area contributed by atoms with E-state index in [-0.39, 0.29) is 24.8 Å². The molecule has 2 heterocycles. The number of rotatable bonds is 5. The van der Waals surface area contributed by atoms with Crippen LogP contribution in [0, 0.1) is 0 Å². The highest BCUT2D eigenvalue weighted by Crippen LogP contribution is 2.26. The number of nitrogens with one attached hydrogen (secondary N) is 1. The Hall–Kier alpha value is -2.11. The summed E-state index contributed by atoms with van der Waals surface area (Å²) in [6.45, 7) is 5.20. The van der Waals surface area contributed by atoms with Gasteiger partial charge in [-0.05, 0) is 29.7 Å². The molecule has 1 atom stereocenters. The van der Waals surface area contributed by atoms with Crippen molar-refractivity contribution in [2.75, 3.05) is 19.8 Å². The van der Waals surface area contributed by atoms with Crippen molar-refractivity contribution in [1.29, 1.82) is 0 Å². The highest BCUT2D eigenvalue weighted by atomic mass is 16.5. The van der Waals surface area contributed by atoms with Crippen LogP contribution in [0.1, 0.15) is 42.3 Å². The Morgan fingerprint density at radius 2 is 2.17 bits per heavy atom. The molecule has 1 aliphatic rings. The lowest BCUT2D eigenvalue weighted by atomic mass is 10.0. The van der Waals surface area contributed by atoms with Crippen molar-refractivity contribution in [1.82, 2.24) is 5.32 Å². The molecule has 1 aromatic heterocycles. The van der Waals surface area contributed by atoms with Crippen molar-refractivity contribution >= 4 is 5.91 Å². The Labute approximate surface area is 141 Å². The lowest BCUT2D eigenvalue weighted by Crippen LogP contribution is -2.43. The first-order valence-corrected chi connectivity index (χ1v) is 8.25. The molecule has 2 aromatic rings. The second-order valence-corrected chi connectivity index (χ2v) is 6.65. The summed E-state index contributed by atoms with van der Waals surface area (Å²) in [6.07, 6.45) is 0.526. The van der Waals surface area contributed by atoms with Gasteiger partial charge in [0, 0.05) is 25.1 Å². The zero-order valence-corrected chi connectivity index (χ0v) is 14.0. The van der Waals surface area contributed by atoms with Gasteiger partial charge in [0.25, 0.3) is 5.91 Å². The molecular formula is C19H23NO4. The number of hydrogen-bond donors (Lipinski definition) is 2. The third-order valence-corrected chi connectivity index (χ3v) is 4.33. The maximum atomic E-state index is 12.2. The summed E-state index contributed by atoms with van der Waals surface area (Å²) in [5.41, 5.74) is 1.19. The summed E-state index contributed by atoms with van der Waals surface area (Å²) < 4.78 is 10.9. The van der Waals surface area contributed by atoms with Crippen LogP contribution in [-0.2, 0) is 4.74 Å². The standard InChI is InChI=1S/C19H23NO4/c1-13(2)14-4-3-5-15(10-14)16-6-7-17(24-16)18(21)20-11-19(22)8-9-23-12-19/h3-7,10,13,22H,8-9,11-12H2,1-2H3,(H,20,21)/t19-/m1/s1. The Balaban J connectivity index is 1.68. The van der Waals surface area contributed by atoms with E-state index in [1.54, 1.807) is 12.1 Å². The van der Waals surface area contributed by atoms with Gasteiger partial charge in [-0.15, -0.1) is 0 Å². The molecule has 1 saturated heterocycles. The fourth-order valence-electron chi connectivity index (χ4n) is 2.73. The first-order chi connectivity index (χ1) is 11.5. The zero-order chi connectivity index (χ0) is 17.2. The third-order valence-electron chi connectivity index (χ3n) is 4.33. The van der Waals surface area contributed by atoms with Crippen molar-refractivity contribution < 1.29 is 19.1 Å². The molecular weight excluding hydrogens is 306 g/mol. The summed E-state index contributed by atoms with van der Waals surface area (Å²) in [7, 11) is 0. The number of ether oxygens (including phenoxy) is 1. The van der Waals surface area contributed by atoms with Gasteiger partial charge in [0.05, 0.1) is 6.61 Å². The fourth-order valence-corrected chi connectivity index (χ4v) is 2.73. The molecule has 24 heavy (non-hydrogen) atoms. The average Bonchev–Trinajstić information content (AvgIpc) is 3.23. The summed E-state index contributed by atoms with van der Waals surface area (Å²) in [4.78, 5) is 12.2. The van der Waals surface area contributed by atoms with Crippen LogP contribution in [0.5, 0.6) is 0 Å². The van der Waals surface area contributed by atoms with Crippen LogP contribution < -0.4 is 5.32 Å². The molecule has 0 radical (unpaired) electrons. The molecule has 0 unspecified atom stereocenters. The first kappa shape index (κ1) is 16.7. The van der Waals surface area contributed by atoms with Crippen molar-refractivity contribution in [2.24, 2.45) is 0 Å². The molecule has 128 valence electrons. The van der Waals surface area contributed by atoms with Crippen LogP contribution in [0.3, 0.4) is 0 Å². The first-order valence-electron chi connectivity index (χ1n) is 8.25. The predicted octanol–water partition coefficient (Wildman–Crippen LogP) is 2.95. The number of carbonyl (C=O) groups is 1. The molecule has 3 rings (SSSR count). The molecule has 1 fully saturated rings. The van der Waals surface area contributed by atoms with E-state index in [1.807, 2.05) is 12.1 Å². The number of hydrogen-bond acceptors (Lipinski definition) is 4. The molecule has 5 heteroatoms. The molecule has 2 N–H and O–H groups in total. The molecule has 1 aliphatic heterocycles. The van der Waals surface area contributed by atoms with Gasteiger partial charge in [0.15, 0.2) is 5.76 Å². The minimum absolute atomic E-state index is 0.157. The molecule has 0 bridgehead atoms. The zero-order valence-electron chi connectivity index (χ0n) is 14.0. The number of amides is 1. The fraction of sp³-hybridized carbons (Fsp3) is 0.421. The molecule has 0 aliphatic carbocycles. The number of benzene rings is 1. The minimum Gasteiger partial charge on any atom is -0.451 e. The highest BCUT2D eigenvalue weighted by Gasteiger charge is 2.32. The van der Waals surface area contributed by atoms with Crippen molar-refractivity contribution in [3.63, 3.8) is 0 Å². The van der Waals surface area contributed by atoms with E-state index in [2.05, 4.69) is 31.3 Å². The largest absolute Gasteiger partial charge is 0.451 e. The number of aliphatic hydroxyl groups is 1. The Morgan fingerprint density at radius 3 is 2.88 bits per heavy atom. The van der Waals surface area contributed by atoms with E-state index in [0.717, 1.165) is 5.56 Å². The molecule has 1 amide bonds. The van der Waals surface area contributed by atoms with Crippen LogP contribution >= 0.6 is 0 Å². The lowest BCUT2D eigenvalue weighted by molar-refractivity contribution is 0.0261. The average molecular weight is 329 g/mol. The molecule has 1 aromatic carbocycles. The van der Waals surface area contributed by atoms with Crippen LogP contribution in [0.15, 0.2) is 40.8 Å². The molecule has 0 spiro atoms. The quantitative estimate of drug-likeness (QED) is 0.885. The second kappa shape index (κ2) is 6.79.